The molecule has 80 valence electrons. The van der Waals surface area contributed by atoms with Gasteiger partial charge in [0.2, 0.25) is 5.95 Å². The molecular formula is C9H9N7. The van der Waals surface area contributed by atoms with Crippen LogP contribution >= 0.6 is 0 Å². The van der Waals surface area contributed by atoms with Gasteiger partial charge in [0.1, 0.15) is 12.2 Å². The van der Waals surface area contributed by atoms with E-state index in [0.29, 0.717) is 28.8 Å². The van der Waals surface area contributed by atoms with Crippen LogP contribution < -0.4 is 5.73 Å². The third-order valence-electron chi connectivity index (χ3n) is 2.25. The van der Waals surface area contributed by atoms with Crippen LogP contribution in [0.25, 0.3) is 17.1 Å². The highest BCUT2D eigenvalue weighted by molar-refractivity contribution is 5.82. The number of fused-ring (bicyclic) bond motifs is 1. The Morgan fingerprint density at radius 1 is 1.31 bits per heavy atom. The van der Waals surface area contributed by atoms with Gasteiger partial charge in [-0.1, -0.05) is 0 Å². The number of aromatic amines is 1. The van der Waals surface area contributed by atoms with Crippen molar-refractivity contribution in [3.05, 3.63) is 24.5 Å². The molecule has 16 heavy (non-hydrogen) atoms. The average Bonchev–Trinajstić information content (AvgIpc) is 2.83. The molecule has 0 aliphatic carbocycles. The minimum Gasteiger partial charge on any atom is -0.382 e. The number of aromatic nitrogens is 6. The Morgan fingerprint density at radius 2 is 2.19 bits per heavy atom. The maximum atomic E-state index is 5.77. The standard InChI is InChI=1S/C9H9N7/c1-5-14-7(10)6-8(15-5)16(4-13-6)9-11-2-3-12-9/h2-4H,1H3,(H,11,12)(H2,10,14,15). The molecule has 3 N–H and O–H groups in total. The van der Waals surface area contributed by atoms with Crippen molar-refractivity contribution in [2.75, 3.05) is 5.73 Å². The molecule has 7 nitrogen and oxygen atoms in total. The van der Waals surface area contributed by atoms with E-state index in [9.17, 15) is 0 Å². The number of rotatable bonds is 1. The first-order valence-corrected chi connectivity index (χ1v) is 4.72. The van der Waals surface area contributed by atoms with Gasteiger partial charge in [-0.05, 0) is 6.92 Å². The summed E-state index contributed by atoms with van der Waals surface area (Å²) < 4.78 is 1.74. The molecule has 0 fully saturated rings. The van der Waals surface area contributed by atoms with E-state index in [1.165, 1.54) is 0 Å². The van der Waals surface area contributed by atoms with Gasteiger partial charge in [0.05, 0.1) is 0 Å². The molecule has 0 spiro atoms. The molecule has 0 saturated carbocycles. The third kappa shape index (κ3) is 1.14. The van der Waals surface area contributed by atoms with E-state index in [-0.39, 0.29) is 0 Å². The first kappa shape index (κ1) is 8.84. The molecule has 7 heteroatoms. The lowest BCUT2D eigenvalue weighted by Gasteiger charge is -2.00. The number of nitrogens with zero attached hydrogens (tertiary/aromatic N) is 5. The predicted octanol–water partition coefficient (Wildman–Crippen LogP) is 0.429. The normalized spacial score (nSPS) is 11.1. The van der Waals surface area contributed by atoms with E-state index in [1.807, 2.05) is 0 Å². The van der Waals surface area contributed by atoms with Crippen molar-refractivity contribution >= 4 is 17.0 Å². The number of nitrogens with two attached hydrogens (primary N) is 1. The van der Waals surface area contributed by atoms with E-state index < -0.39 is 0 Å². The van der Waals surface area contributed by atoms with Gasteiger partial charge < -0.3 is 10.7 Å². The first-order chi connectivity index (χ1) is 7.75. The van der Waals surface area contributed by atoms with Gasteiger partial charge in [-0.3, -0.25) is 4.57 Å². The molecule has 0 saturated heterocycles. The Labute approximate surface area is 90.4 Å². The average molecular weight is 215 g/mol. The van der Waals surface area contributed by atoms with Crippen LogP contribution in [0.1, 0.15) is 5.82 Å². The van der Waals surface area contributed by atoms with Crippen LogP contribution in [0.15, 0.2) is 18.7 Å². The van der Waals surface area contributed by atoms with E-state index in [0.717, 1.165) is 0 Å². The number of nitrogen functional groups attached to an aromatic ring is 1. The van der Waals surface area contributed by atoms with Crippen LogP contribution in [0.4, 0.5) is 5.82 Å². The van der Waals surface area contributed by atoms with E-state index in [1.54, 1.807) is 30.2 Å². The molecular weight excluding hydrogens is 206 g/mol. The van der Waals surface area contributed by atoms with E-state index in [2.05, 4.69) is 24.9 Å². The van der Waals surface area contributed by atoms with Crippen molar-refractivity contribution in [1.82, 2.24) is 29.5 Å². The SMILES string of the molecule is Cc1nc(N)c2ncn(-c3ncc[nH]3)c2n1. The molecule has 0 amide bonds. The quantitative estimate of drug-likeness (QED) is 0.613. The van der Waals surface area contributed by atoms with Crippen molar-refractivity contribution in [3.63, 3.8) is 0 Å². The lowest BCUT2D eigenvalue weighted by atomic mass is 10.5. The fraction of sp³-hybridized carbons (Fsp3) is 0.111. The summed E-state index contributed by atoms with van der Waals surface area (Å²) in [6.45, 7) is 1.79. The lowest BCUT2D eigenvalue weighted by molar-refractivity contribution is 0.960. The van der Waals surface area contributed by atoms with Crippen LogP contribution in [0.3, 0.4) is 0 Å². The topological polar surface area (TPSA) is 98.3 Å². The van der Waals surface area contributed by atoms with Crippen molar-refractivity contribution < 1.29 is 0 Å². The number of aryl methyl sites for hydroxylation is 1. The van der Waals surface area contributed by atoms with Crippen molar-refractivity contribution in [1.29, 1.82) is 0 Å². The van der Waals surface area contributed by atoms with Crippen molar-refractivity contribution in [2.45, 2.75) is 6.92 Å². The smallest absolute Gasteiger partial charge is 0.214 e. The van der Waals surface area contributed by atoms with E-state index >= 15 is 0 Å². The molecule has 3 heterocycles. The Balaban J connectivity index is 2.35. The monoisotopic (exact) mass is 215 g/mol. The zero-order valence-electron chi connectivity index (χ0n) is 8.55. The molecule has 0 aromatic carbocycles. The molecule has 0 atom stereocenters. The lowest BCUT2D eigenvalue weighted by Crippen LogP contribution is -2.01. The van der Waals surface area contributed by atoms with Crippen LogP contribution in [0.5, 0.6) is 0 Å². The Kier molecular flexibility index (Phi) is 1.67. The molecule has 0 radical (unpaired) electrons. The summed E-state index contributed by atoms with van der Waals surface area (Å²) in [6, 6.07) is 0. The molecule has 0 unspecified atom stereocenters. The Bertz CT molecular complexity index is 637. The Hall–Kier alpha value is -2.44. The highest BCUT2D eigenvalue weighted by Gasteiger charge is 2.11. The van der Waals surface area contributed by atoms with Crippen LogP contribution in [0.2, 0.25) is 0 Å². The highest BCUT2D eigenvalue weighted by Crippen LogP contribution is 2.17. The number of anilines is 1. The van der Waals surface area contributed by atoms with Gasteiger partial charge in [-0.2, -0.15) is 0 Å². The van der Waals surface area contributed by atoms with Crippen molar-refractivity contribution in [2.24, 2.45) is 0 Å². The summed E-state index contributed by atoms with van der Waals surface area (Å²) in [5.74, 6) is 1.64. The van der Waals surface area contributed by atoms with Crippen LogP contribution in [0, 0.1) is 6.92 Å². The fourth-order valence-corrected chi connectivity index (χ4v) is 1.58. The number of nitrogens with one attached hydrogen (secondary N) is 1. The first-order valence-electron chi connectivity index (χ1n) is 4.72. The van der Waals surface area contributed by atoms with Gasteiger partial charge in [0, 0.05) is 12.4 Å². The molecule has 3 aromatic rings. The molecule has 0 aliphatic rings. The summed E-state index contributed by atoms with van der Waals surface area (Å²) in [7, 11) is 0. The van der Waals surface area contributed by atoms with Gasteiger partial charge in [-0.25, -0.2) is 19.9 Å². The van der Waals surface area contributed by atoms with Gasteiger partial charge in [0.25, 0.3) is 0 Å². The third-order valence-corrected chi connectivity index (χ3v) is 2.25. The maximum absolute atomic E-state index is 5.77. The second kappa shape index (κ2) is 3.02. The predicted molar refractivity (Wildman–Crippen MR) is 58.0 cm³/mol. The second-order valence-corrected chi connectivity index (χ2v) is 3.36. The number of hydrogen-bond donors (Lipinski definition) is 2. The number of hydrogen-bond acceptors (Lipinski definition) is 5. The molecule has 0 aliphatic heterocycles. The summed E-state index contributed by atoms with van der Waals surface area (Å²) >= 11 is 0. The maximum Gasteiger partial charge on any atom is 0.214 e. The minimum absolute atomic E-state index is 0.382. The molecule has 3 aromatic heterocycles. The Morgan fingerprint density at radius 3 is 2.94 bits per heavy atom. The van der Waals surface area contributed by atoms with Gasteiger partial charge in [0.15, 0.2) is 17.0 Å². The minimum atomic E-state index is 0.382. The van der Waals surface area contributed by atoms with Crippen LogP contribution in [-0.4, -0.2) is 29.5 Å². The van der Waals surface area contributed by atoms with Crippen LogP contribution in [-0.2, 0) is 0 Å². The molecule has 0 bridgehead atoms. The van der Waals surface area contributed by atoms with E-state index in [4.69, 9.17) is 5.73 Å². The molecule has 3 rings (SSSR count). The second-order valence-electron chi connectivity index (χ2n) is 3.36. The van der Waals surface area contributed by atoms with Gasteiger partial charge >= 0.3 is 0 Å². The zero-order valence-corrected chi connectivity index (χ0v) is 8.55. The van der Waals surface area contributed by atoms with Gasteiger partial charge in [-0.15, -0.1) is 0 Å². The summed E-state index contributed by atoms with van der Waals surface area (Å²) in [5.41, 5.74) is 7.00. The summed E-state index contributed by atoms with van der Waals surface area (Å²) in [6.07, 6.45) is 5.02. The largest absolute Gasteiger partial charge is 0.382 e. The summed E-state index contributed by atoms with van der Waals surface area (Å²) in [4.78, 5) is 19.6. The van der Waals surface area contributed by atoms with Crippen molar-refractivity contribution in [3.8, 4) is 5.95 Å². The number of H-pyrrole nitrogens is 1. The number of imidazole rings is 2. The zero-order chi connectivity index (χ0) is 11.1. The highest BCUT2D eigenvalue weighted by atomic mass is 15.2. The fourth-order valence-electron chi connectivity index (χ4n) is 1.58. The summed E-state index contributed by atoms with van der Waals surface area (Å²) in [5, 5.41) is 0.